The average Bonchev–Trinajstić information content (AvgIpc) is 2.62. The van der Waals surface area contributed by atoms with E-state index in [-0.39, 0.29) is 24.4 Å². The lowest BCUT2D eigenvalue weighted by atomic mass is 9.96. The zero-order chi connectivity index (χ0) is 13.5. The van der Waals surface area contributed by atoms with Crippen LogP contribution in [0.2, 0.25) is 0 Å². The quantitative estimate of drug-likeness (QED) is 0.845. The average molecular weight is 309 g/mol. The normalized spacial score (nSPS) is 25.1. The van der Waals surface area contributed by atoms with E-state index >= 15 is 0 Å². The third-order valence-corrected chi connectivity index (χ3v) is 5.72. The predicted molar refractivity (Wildman–Crippen MR) is 75.8 cm³/mol. The van der Waals surface area contributed by atoms with E-state index < -0.39 is 10.0 Å². The van der Waals surface area contributed by atoms with Crippen molar-refractivity contribution in [1.82, 2.24) is 14.5 Å². The summed E-state index contributed by atoms with van der Waals surface area (Å²) in [5.74, 6) is 0.182. The van der Waals surface area contributed by atoms with Crippen molar-refractivity contribution in [3.8, 4) is 0 Å². The molecule has 1 aliphatic heterocycles. The van der Waals surface area contributed by atoms with Crippen molar-refractivity contribution in [3.05, 3.63) is 11.4 Å². The predicted octanol–water partition coefficient (Wildman–Crippen LogP) is 0.806. The van der Waals surface area contributed by atoms with Gasteiger partial charge in [-0.05, 0) is 26.2 Å². The summed E-state index contributed by atoms with van der Waals surface area (Å²) < 4.78 is 26.7. The number of piperidine rings is 1. The van der Waals surface area contributed by atoms with Gasteiger partial charge in [-0.1, -0.05) is 6.92 Å². The fourth-order valence-corrected chi connectivity index (χ4v) is 4.28. The Labute approximate surface area is 120 Å². The van der Waals surface area contributed by atoms with Crippen LogP contribution in [0.4, 0.5) is 0 Å². The van der Waals surface area contributed by atoms with Gasteiger partial charge in [0.05, 0.1) is 11.4 Å². The van der Waals surface area contributed by atoms with Crippen LogP contribution in [-0.2, 0) is 10.0 Å². The minimum Gasteiger partial charge on any atom is -0.327 e. The molecular weight excluding hydrogens is 288 g/mol. The van der Waals surface area contributed by atoms with Gasteiger partial charge in [-0.3, -0.25) is 5.10 Å². The molecule has 3 N–H and O–H groups in total. The summed E-state index contributed by atoms with van der Waals surface area (Å²) in [6.45, 7) is 6.38. The summed E-state index contributed by atoms with van der Waals surface area (Å²) in [5, 5.41) is 6.68. The highest BCUT2D eigenvalue weighted by molar-refractivity contribution is 7.89. The number of H-pyrrole nitrogens is 1. The molecule has 110 valence electrons. The second-order valence-corrected chi connectivity index (χ2v) is 6.93. The Bertz CT molecular complexity index is 523. The van der Waals surface area contributed by atoms with E-state index in [0.29, 0.717) is 35.8 Å². The molecule has 2 atom stereocenters. The van der Waals surface area contributed by atoms with Crippen molar-refractivity contribution in [2.75, 3.05) is 13.1 Å². The van der Waals surface area contributed by atoms with Gasteiger partial charge < -0.3 is 5.73 Å². The molecule has 1 saturated heterocycles. The molecule has 19 heavy (non-hydrogen) atoms. The van der Waals surface area contributed by atoms with Crippen LogP contribution < -0.4 is 5.73 Å². The van der Waals surface area contributed by atoms with E-state index in [4.69, 9.17) is 5.73 Å². The zero-order valence-corrected chi connectivity index (χ0v) is 13.0. The fraction of sp³-hybridized carbons (Fsp3) is 0.727. The van der Waals surface area contributed by atoms with Crippen LogP contribution in [0.5, 0.6) is 0 Å². The molecule has 6 nitrogen and oxygen atoms in total. The molecule has 0 aliphatic carbocycles. The first-order chi connectivity index (χ1) is 8.34. The first-order valence-electron chi connectivity index (χ1n) is 6.11. The van der Waals surface area contributed by atoms with Crippen LogP contribution in [0, 0.1) is 19.8 Å². The van der Waals surface area contributed by atoms with Gasteiger partial charge in [0, 0.05) is 19.1 Å². The highest BCUT2D eigenvalue weighted by atomic mass is 35.5. The molecule has 2 unspecified atom stereocenters. The summed E-state index contributed by atoms with van der Waals surface area (Å²) in [4.78, 5) is 0.310. The second kappa shape index (κ2) is 5.78. The van der Waals surface area contributed by atoms with Crippen LogP contribution >= 0.6 is 12.4 Å². The number of hydrogen-bond donors (Lipinski definition) is 2. The molecule has 2 heterocycles. The summed E-state index contributed by atoms with van der Waals surface area (Å²) in [6, 6.07) is 0.0861. The largest absolute Gasteiger partial charge is 0.327 e. The first-order valence-corrected chi connectivity index (χ1v) is 7.55. The Morgan fingerprint density at radius 1 is 1.42 bits per heavy atom. The molecule has 8 heteroatoms. The van der Waals surface area contributed by atoms with E-state index in [1.54, 1.807) is 13.8 Å². The Morgan fingerprint density at radius 3 is 2.53 bits per heavy atom. The Kier molecular flexibility index (Phi) is 5.00. The molecule has 0 spiro atoms. The monoisotopic (exact) mass is 308 g/mol. The number of aryl methyl sites for hydroxylation is 2. The lowest BCUT2D eigenvalue weighted by molar-refractivity contribution is 0.250. The van der Waals surface area contributed by atoms with Crippen molar-refractivity contribution in [2.24, 2.45) is 11.7 Å². The molecule has 0 radical (unpaired) electrons. The second-order valence-electron chi connectivity index (χ2n) is 5.06. The molecule has 0 aromatic carbocycles. The molecule has 1 aromatic rings. The summed E-state index contributed by atoms with van der Waals surface area (Å²) in [6.07, 6.45) is 0.705. The van der Waals surface area contributed by atoms with Crippen LogP contribution in [-0.4, -0.2) is 42.1 Å². The smallest absolute Gasteiger partial charge is 0.246 e. The van der Waals surface area contributed by atoms with Gasteiger partial charge in [0.25, 0.3) is 0 Å². The lowest BCUT2D eigenvalue weighted by Gasteiger charge is -2.34. The maximum Gasteiger partial charge on any atom is 0.246 e. The number of sulfonamides is 1. The van der Waals surface area contributed by atoms with Crippen molar-refractivity contribution in [1.29, 1.82) is 0 Å². The third-order valence-electron chi connectivity index (χ3n) is 3.59. The first kappa shape index (κ1) is 16.4. The molecule has 0 saturated carbocycles. The lowest BCUT2D eigenvalue weighted by Crippen LogP contribution is -2.48. The van der Waals surface area contributed by atoms with Crippen LogP contribution in [0.1, 0.15) is 24.7 Å². The van der Waals surface area contributed by atoms with Gasteiger partial charge in [0.15, 0.2) is 0 Å². The van der Waals surface area contributed by atoms with Gasteiger partial charge in [-0.15, -0.1) is 12.4 Å². The van der Waals surface area contributed by atoms with Gasteiger partial charge in [-0.25, -0.2) is 8.42 Å². The Morgan fingerprint density at radius 2 is 2.05 bits per heavy atom. The van der Waals surface area contributed by atoms with Crippen molar-refractivity contribution in [3.63, 3.8) is 0 Å². The van der Waals surface area contributed by atoms with E-state index in [9.17, 15) is 8.42 Å². The zero-order valence-electron chi connectivity index (χ0n) is 11.4. The minimum absolute atomic E-state index is 0. The molecular formula is C11H21ClN4O2S. The van der Waals surface area contributed by atoms with Gasteiger partial charge >= 0.3 is 0 Å². The molecule has 2 rings (SSSR count). The molecule has 0 amide bonds. The fourth-order valence-electron chi connectivity index (χ4n) is 2.39. The summed E-state index contributed by atoms with van der Waals surface area (Å²) in [5.41, 5.74) is 7.04. The van der Waals surface area contributed by atoms with Crippen molar-refractivity contribution in [2.45, 2.75) is 38.1 Å². The number of aromatic amines is 1. The third kappa shape index (κ3) is 2.94. The number of hydrogen-bond acceptors (Lipinski definition) is 4. The van der Waals surface area contributed by atoms with E-state index in [2.05, 4.69) is 10.2 Å². The van der Waals surface area contributed by atoms with Gasteiger partial charge in [0.1, 0.15) is 4.90 Å². The number of aromatic nitrogens is 2. The number of nitrogens with zero attached hydrogens (tertiary/aromatic N) is 2. The molecule has 1 aliphatic rings. The number of rotatable bonds is 2. The summed E-state index contributed by atoms with van der Waals surface area (Å²) >= 11 is 0. The minimum atomic E-state index is -3.45. The Balaban J connectivity index is 0.00000180. The van der Waals surface area contributed by atoms with Gasteiger partial charge in [0.2, 0.25) is 10.0 Å². The van der Waals surface area contributed by atoms with Crippen LogP contribution in [0.3, 0.4) is 0 Å². The van der Waals surface area contributed by atoms with E-state index in [0.717, 1.165) is 0 Å². The van der Waals surface area contributed by atoms with Crippen molar-refractivity contribution >= 4 is 22.4 Å². The number of halogens is 1. The maximum absolute atomic E-state index is 12.6. The van der Waals surface area contributed by atoms with Crippen LogP contribution in [0.25, 0.3) is 0 Å². The standard InChI is InChI=1S/C11H20N4O2S.ClH/c1-7-6-15(5-4-10(7)12)18(16,17)11-8(2)13-14-9(11)3;/h7,10H,4-6,12H2,1-3H3,(H,13,14);1H. The topological polar surface area (TPSA) is 92.1 Å². The number of nitrogens with one attached hydrogen (secondary N) is 1. The Hall–Kier alpha value is -0.630. The maximum atomic E-state index is 12.6. The molecule has 0 bridgehead atoms. The number of nitrogens with two attached hydrogens (primary N) is 1. The molecule has 1 fully saturated rings. The SMILES string of the molecule is Cc1n[nH]c(C)c1S(=O)(=O)N1CCC(N)C(C)C1.Cl. The molecule has 1 aromatic heterocycles. The van der Waals surface area contributed by atoms with Crippen LogP contribution in [0.15, 0.2) is 4.90 Å². The van der Waals surface area contributed by atoms with Gasteiger partial charge in [-0.2, -0.15) is 9.40 Å². The highest BCUT2D eigenvalue weighted by Crippen LogP contribution is 2.26. The van der Waals surface area contributed by atoms with Crippen molar-refractivity contribution < 1.29 is 8.42 Å². The van der Waals surface area contributed by atoms with E-state index in [1.807, 2.05) is 6.92 Å². The van der Waals surface area contributed by atoms with E-state index in [1.165, 1.54) is 4.31 Å². The highest BCUT2D eigenvalue weighted by Gasteiger charge is 2.34. The summed E-state index contributed by atoms with van der Waals surface area (Å²) in [7, 11) is -3.45.